The second-order valence-corrected chi connectivity index (χ2v) is 3.50. The molecule has 0 aliphatic heterocycles. The first kappa shape index (κ1) is 9.24. The summed E-state index contributed by atoms with van der Waals surface area (Å²) in [7, 11) is 0. The minimum Gasteiger partial charge on any atom is -0.201 e. The lowest BCUT2D eigenvalue weighted by Crippen LogP contribution is -1.98. The van der Waals surface area contributed by atoms with Crippen LogP contribution in [0.3, 0.4) is 0 Å². The molecule has 2 aromatic rings. The number of hydrogen-bond acceptors (Lipinski definition) is 5. The predicted molar refractivity (Wildman–Crippen MR) is 52.3 cm³/mol. The van der Waals surface area contributed by atoms with Crippen molar-refractivity contribution < 1.29 is 0 Å². The van der Waals surface area contributed by atoms with Crippen molar-refractivity contribution in [2.75, 3.05) is 6.26 Å². The Morgan fingerprint density at radius 3 is 3.00 bits per heavy atom. The summed E-state index contributed by atoms with van der Waals surface area (Å²) in [5, 5.41) is 13.4. The molecule has 2 rings (SSSR count). The highest BCUT2D eigenvalue weighted by atomic mass is 35.5. The van der Waals surface area contributed by atoms with Gasteiger partial charge in [0.05, 0.1) is 6.20 Å². The maximum Gasteiger partial charge on any atom is 0.228 e. The molecule has 0 N–H and O–H groups in total. The van der Waals surface area contributed by atoms with Gasteiger partial charge in [0.2, 0.25) is 5.28 Å². The van der Waals surface area contributed by atoms with Crippen LogP contribution in [-0.2, 0) is 0 Å². The molecular formula is C7H4ClN5S. The zero-order chi connectivity index (χ0) is 10.1. The van der Waals surface area contributed by atoms with Crippen LogP contribution in [-0.4, -0.2) is 25.8 Å². The molecule has 2 aromatic heterocycles. The van der Waals surface area contributed by atoms with Gasteiger partial charge in [-0.3, -0.25) is 0 Å². The van der Waals surface area contributed by atoms with E-state index >= 15 is 0 Å². The van der Waals surface area contributed by atoms with Crippen LogP contribution in [0, 0.1) is 11.3 Å². The normalized spacial score (nSPS) is 10.4. The largest absolute Gasteiger partial charge is 0.228 e. The van der Waals surface area contributed by atoms with Crippen LogP contribution in [0.1, 0.15) is 5.56 Å². The zero-order valence-corrected chi connectivity index (χ0v) is 8.67. The number of thioether (sulfide) groups is 1. The van der Waals surface area contributed by atoms with Crippen LogP contribution in [0.5, 0.6) is 0 Å². The molecule has 0 aliphatic carbocycles. The topological polar surface area (TPSA) is 66.9 Å². The molecule has 0 radical (unpaired) electrons. The molecule has 0 fully saturated rings. The van der Waals surface area contributed by atoms with E-state index in [1.165, 1.54) is 22.5 Å². The van der Waals surface area contributed by atoms with Gasteiger partial charge in [0.1, 0.15) is 11.6 Å². The fraction of sp³-hybridized carbons (Fsp3) is 0.143. The highest BCUT2D eigenvalue weighted by Gasteiger charge is 2.10. The lowest BCUT2D eigenvalue weighted by atomic mass is 10.4. The summed E-state index contributed by atoms with van der Waals surface area (Å²) >= 11 is 7.20. The molecule has 7 heteroatoms. The molecule has 5 nitrogen and oxygen atoms in total. The molecule has 0 unspecified atom stereocenters. The van der Waals surface area contributed by atoms with Gasteiger partial charge in [-0.25, -0.2) is 4.98 Å². The fourth-order valence-electron chi connectivity index (χ4n) is 0.997. The van der Waals surface area contributed by atoms with Crippen LogP contribution in [0.2, 0.25) is 5.28 Å². The molecule has 0 spiro atoms. The average Bonchev–Trinajstić information content (AvgIpc) is 2.61. The summed E-state index contributed by atoms with van der Waals surface area (Å²) in [4.78, 5) is 8.11. The van der Waals surface area contributed by atoms with E-state index in [0.717, 1.165) is 0 Å². The van der Waals surface area contributed by atoms with E-state index in [1.54, 1.807) is 0 Å². The standard InChI is InChI=1S/C7H4ClN5S/c1-14-7-11-5-4(2-9)3-10-13(5)6(8)12-7/h3H,1H3. The molecule has 0 amide bonds. The van der Waals surface area contributed by atoms with Crippen molar-refractivity contribution in [3.8, 4) is 6.07 Å². The highest BCUT2D eigenvalue weighted by Crippen LogP contribution is 2.16. The Hall–Kier alpha value is -1.32. The van der Waals surface area contributed by atoms with Crippen LogP contribution in [0.4, 0.5) is 0 Å². The molecule has 0 bridgehead atoms. The van der Waals surface area contributed by atoms with E-state index in [1.807, 2.05) is 12.3 Å². The van der Waals surface area contributed by atoms with E-state index in [2.05, 4.69) is 15.1 Å². The van der Waals surface area contributed by atoms with Gasteiger partial charge in [-0.1, -0.05) is 11.8 Å². The Kier molecular flexibility index (Phi) is 2.27. The Balaban J connectivity index is 2.82. The highest BCUT2D eigenvalue weighted by molar-refractivity contribution is 7.98. The number of aromatic nitrogens is 4. The molecule has 0 aliphatic rings. The second-order valence-electron chi connectivity index (χ2n) is 2.38. The van der Waals surface area contributed by atoms with E-state index in [9.17, 15) is 0 Å². The summed E-state index contributed by atoms with van der Waals surface area (Å²) in [5.41, 5.74) is 0.835. The van der Waals surface area contributed by atoms with E-state index in [4.69, 9.17) is 16.9 Å². The maximum absolute atomic E-state index is 8.77. The van der Waals surface area contributed by atoms with Gasteiger partial charge in [0, 0.05) is 0 Å². The second kappa shape index (κ2) is 3.44. The molecule has 70 valence electrons. The number of nitrogens with zero attached hydrogens (tertiary/aromatic N) is 5. The number of hydrogen-bond donors (Lipinski definition) is 0. The van der Waals surface area contributed by atoms with Crippen molar-refractivity contribution in [2.45, 2.75) is 5.16 Å². The third-order valence-corrected chi connectivity index (χ3v) is 2.40. The van der Waals surface area contributed by atoms with E-state index < -0.39 is 0 Å². The average molecular weight is 226 g/mol. The first-order valence-corrected chi connectivity index (χ1v) is 5.22. The number of nitriles is 1. The Morgan fingerprint density at radius 2 is 2.36 bits per heavy atom. The van der Waals surface area contributed by atoms with Crippen LogP contribution < -0.4 is 0 Å². The first-order chi connectivity index (χ1) is 6.76. The van der Waals surface area contributed by atoms with E-state index in [0.29, 0.717) is 16.4 Å². The Morgan fingerprint density at radius 1 is 1.57 bits per heavy atom. The number of fused-ring (bicyclic) bond motifs is 1. The smallest absolute Gasteiger partial charge is 0.201 e. The van der Waals surface area contributed by atoms with Gasteiger partial charge >= 0.3 is 0 Å². The van der Waals surface area contributed by atoms with Gasteiger partial charge in [-0.05, 0) is 17.9 Å². The van der Waals surface area contributed by atoms with Crippen LogP contribution >= 0.6 is 23.4 Å². The van der Waals surface area contributed by atoms with Gasteiger partial charge in [0.15, 0.2) is 10.8 Å². The summed E-state index contributed by atoms with van der Waals surface area (Å²) < 4.78 is 1.33. The monoisotopic (exact) mass is 225 g/mol. The number of halogens is 1. The third-order valence-electron chi connectivity index (χ3n) is 1.61. The third kappa shape index (κ3) is 1.31. The summed E-state index contributed by atoms with van der Waals surface area (Å²) in [6.07, 6.45) is 3.25. The molecule has 0 atom stereocenters. The van der Waals surface area contributed by atoms with Gasteiger partial charge in [0.25, 0.3) is 0 Å². The Labute approximate surface area is 88.7 Å². The van der Waals surface area contributed by atoms with Gasteiger partial charge in [-0.15, -0.1) is 0 Å². The van der Waals surface area contributed by atoms with Gasteiger partial charge in [-0.2, -0.15) is 19.9 Å². The van der Waals surface area contributed by atoms with Crippen LogP contribution in [0.15, 0.2) is 11.4 Å². The molecule has 14 heavy (non-hydrogen) atoms. The minimum absolute atomic E-state index is 0.209. The molecule has 0 aromatic carbocycles. The quantitative estimate of drug-likeness (QED) is 0.686. The summed E-state index contributed by atoms with van der Waals surface area (Å²) in [6.45, 7) is 0. The zero-order valence-electron chi connectivity index (χ0n) is 7.10. The van der Waals surface area contributed by atoms with Crippen molar-refractivity contribution >= 4 is 29.0 Å². The maximum atomic E-state index is 8.77. The fourth-order valence-corrected chi connectivity index (χ4v) is 1.61. The predicted octanol–water partition coefficient (Wildman–Crippen LogP) is 1.37. The van der Waals surface area contributed by atoms with Crippen molar-refractivity contribution in [3.05, 3.63) is 17.0 Å². The van der Waals surface area contributed by atoms with Crippen molar-refractivity contribution in [2.24, 2.45) is 0 Å². The molecule has 0 saturated heterocycles. The van der Waals surface area contributed by atoms with Crippen molar-refractivity contribution in [1.29, 1.82) is 5.26 Å². The van der Waals surface area contributed by atoms with Crippen LogP contribution in [0.25, 0.3) is 5.65 Å². The lowest BCUT2D eigenvalue weighted by Gasteiger charge is -1.98. The van der Waals surface area contributed by atoms with Crippen molar-refractivity contribution in [1.82, 2.24) is 19.6 Å². The molecular weight excluding hydrogens is 222 g/mol. The summed E-state index contributed by atoms with van der Waals surface area (Å²) in [5.74, 6) is 0. The number of rotatable bonds is 1. The summed E-state index contributed by atoms with van der Waals surface area (Å²) in [6, 6.07) is 1.99. The van der Waals surface area contributed by atoms with Gasteiger partial charge < -0.3 is 0 Å². The SMILES string of the molecule is CSc1nc(Cl)n2ncc(C#N)c2n1. The molecule has 0 saturated carbocycles. The van der Waals surface area contributed by atoms with E-state index in [-0.39, 0.29) is 5.28 Å². The Bertz CT molecular complexity index is 529. The lowest BCUT2D eigenvalue weighted by molar-refractivity contribution is 0.835. The minimum atomic E-state index is 0.209. The van der Waals surface area contributed by atoms with Crippen molar-refractivity contribution in [3.63, 3.8) is 0 Å². The first-order valence-electron chi connectivity index (χ1n) is 3.61. The molecule has 2 heterocycles.